The van der Waals surface area contributed by atoms with E-state index in [9.17, 15) is 4.79 Å². The quantitative estimate of drug-likeness (QED) is 0.341. The summed E-state index contributed by atoms with van der Waals surface area (Å²) in [7, 11) is 0. The Morgan fingerprint density at radius 2 is 1.83 bits per heavy atom. The molecule has 0 radical (unpaired) electrons. The Morgan fingerprint density at radius 3 is 2.33 bits per heavy atom. The lowest BCUT2D eigenvalue weighted by Crippen LogP contribution is -2.09. The van der Waals surface area contributed by atoms with Crippen molar-refractivity contribution in [3.05, 3.63) is 66.8 Å². The molecule has 0 N–H and O–H groups in total. The number of esters is 1. The number of rotatable bonds is 4. The molecule has 1 aromatic rings. The monoisotopic (exact) mass is 244 g/mol. The Labute approximate surface area is 109 Å². The molecule has 0 saturated carbocycles. The van der Waals surface area contributed by atoms with Crippen LogP contribution < -0.4 is 4.74 Å². The van der Waals surface area contributed by atoms with Crippen LogP contribution in [-0.4, -0.2) is 5.97 Å². The maximum atomic E-state index is 11.7. The van der Waals surface area contributed by atoms with Gasteiger partial charge in [-0.15, -0.1) is 0 Å². The Bertz CT molecular complexity index is 414. The first kappa shape index (κ1) is 15.9. The van der Waals surface area contributed by atoms with Gasteiger partial charge in [0.2, 0.25) is 0 Å². The van der Waals surface area contributed by atoms with Gasteiger partial charge in [-0.2, -0.15) is 0 Å². The first-order valence-corrected chi connectivity index (χ1v) is 6.00. The standard InChI is InChI=1S/C14H14O2.C2H6/c1-3-5-9-12(4-2)14(15)16-13-10-7-6-8-11-13;1-2/h3-11H,2H2,1H3;1-2H3/b5-3-,12-9+;. The average molecular weight is 244 g/mol. The number of hydrogen-bond donors (Lipinski definition) is 0. The molecule has 0 fully saturated rings. The molecule has 0 unspecified atom stereocenters. The molecular formula is C16H20O2. The van der Waals surface area contributed by atoms with Gasteiger partial charge in [-0.25, -0.2) is 4.79 Å². The van der Waals surface area contributed by atoms with Gasteiger partial charge in [0.15, 0.2) is 0 Å². The average Bonchev–Trinajstić information content (AvgIpc) is 2.43. The summed E-state index contributed by atoms with van der Waals surface area (Å²) in [6.45, 7) is 9.45. The lowest BCUT2D eigenvalue weighted by Gasteiger charge is -2.03. The third-order valence-corrected chi connectivity index (χ3v) is 1.88. The van der Waals surface area contributed by atoms with Gasteiger partial charge in [-0.05, 0) is 25.1 Å². The fourth-order valence-electron chi connectivity index (χ4n) is 1.07. The molecule has 0 spiro atoms. The van der Waals surface area contributed by atoms with E-state index in [0.29, 0.717) is 11.3 Å². The van der Waals surface area contributed by atoms with Crippen molar-refractivity contribution in [2.24, 2.45) is 0 Å². The van der Waals surface area contributed by atoms with Gasteiger partial charge < -0.3 is 4.74 Å². The predicted molar refractivity (Wildman–Crippen MR) is 76.5 cm³/mol. The van der Waals surface area contributed by atoms with Crippen molar-refractivity contribution in [3.8, 4) is 5.75 Å². The third kappa shape index (κ3) is 5.85. The van der Waals surface area contributed by atoms with Gasteiger partial charge in [0, 0.05) is 0 Å². The van der Waals surface area contributed by atoms with Crippen LogP contribution in [-0.2, 0) is 4.79 Å². The number of carbonyl (C=O) groups excluding carboxylic acids is 1. The zero-order chi connectivity index (χ0) is 13.8. The molecule has 1 rings (SSSR count). The minimum atomic E-state index is -0.403. The summed E-state index contributed by atoms with van der Waals surface area (Å²) in [6, 6.07) is 8.95. The lowest BCUT2D eigenvalue weighted by atomic mass is 10.2. The summed E-state index contributed by atoms with van der Waals surface area (Å²) < 4.78 is 5.15. The zero-order valence-electron chi connectivity index (χ0n) is 11.2. The van der Waals surface area contributed by atoms with Crippen molar-refractivity contribution < 1.29 is 9.53 Å². The van der Waals surface area contributed by atoms with E-state index in [1.807, 2.05) is 45.0 Å². The van der Waals surface area contributed by atoms with E-state index >= 15 is 0 Å². The van der Waals surface area contributed by atoms with Crippen LogP contribution in [0.2, 0.25) is 0 Å². The molecule has 1 aromatic carbocycles. The van der Waals surface area contributed by atoms with Crippen LogP contribution in [0.15, 0.2) is 66.8 Å². The Kier molecular flexibility index (Phi) is 8.92. The van der Waals surface area contributed by atoms with Crippen molar-refractivity contribution in [2.75, 3.05) is 0 Å². The Hall–Kier alpha value is -2.09. The molecule has 0 aliphatic heterocycles. The van der Waals surface area contributed by atoms with E-state index in [-0.39, 0.29) is 0 Å². The SMILES string of the molecule is C=C/C(=C\C=C/C)C(=O)Oc1ccccc1.CC. The smallest absolute Gasteiger partial charge is 0.343 e. The molecule has 0 aliphatic rings. The van der Waals surface area contributed by atoms with Crippen LogP contribution in [0.1, 0.15) is 20.8 Å². The Balaban J connectivity index is 0.00000137. The number of benzene rings is 1. The van der Waals surface area contributed by atoms with E-state index in [1.54, 1.807) is 24.3 Å². The molecule has 0 aromatic heterocycles. The first-order chi connectivity index (χ1) is 8.77. The van der Waals surface area contributed by atoms with Crippen LogP contribution in [0.5, 0.6) is 5.75 Å². The highest BCUT2D eigenvalue weighted by atomic mass is 16.5. The molecule has 2 heteroatoms. The molecule has 0 atom stereocenters. The van der Waals surface area contributed by atoms with Gasteiger partial charge in [-0.3, -0.25) is 0 Å². The summed E-state index contributed by atoms with van der Waals surface area (Å²) in [4.78, 5) is 11.7. The second-order valence-corrected chi connectivity index (χ2v) is 3.05. The molecule has 0 heterocycles. The van der Waals surface area contributed by atoms with Crippen LogP contribution in [0.25, 0.3) is 0 Å². The zero-order valence-corrected chi connectivity index (χ0v) is 11.2. The van der Waals surface area contributed by atoms with Gasteiger partial charge in [0.05, 0.1) is 5.57 Å². The summed E-state index contributed by atoms with van der Waals surface area (Å²) >= 11 is 0. The number of hydrogen-bond acceptors (Lipinski definition) is 2. The van der Waals surface area contributed by atoms with Crippen LogP contribution >= 0.6 is 0 Å². The summed E-state index contributed by atoms with van der Waals surface area (Å²) in [5.74, 6) is 0.125. The largest absolute Gasteiger partial charge is 0.423 e. The second kappa shape index (κ2) is 10.1. The molecule has 96 valence electrons. The van der Waals surface area contributed by atoms with Crippen molar-refractivity contribution in [1.82, 2.24) is 0 Å². The van der Waals surface area contributed by atoms with Crippen molar-refractivity contribution in [1.29, 1.82) is 0 Å². The highest BCUT2D eigenvalue weighted by Gasteiger charge is 2.07. The van der Waals surface area contributed by atoms with E-state index in [2.05, 4.69) is 6.58 Å². The van der Waals surface area contributed by atoms with Gasteiger partial charge in [0.1, 0.15) is 5.75 Å². The van der Waals surface area contributed by atoms with Crippen molar-refractivity contribution >= 4 is 5.97 Å². The van der Waals surface area contributed by atoms with Gasteiger partial charge in [0.25, 0.3) is 0 Å². The number of para-hydroxylation sites is 1. The Morgan fingerprint density at radius 1 is 1.22 bits per heavy atom. The van der Waals surface area contributed by atoms with Crippen LogP contribution in [0.3, 0.4) is 0 Å². The molecule has 0 aliphatic carbocycles. The second-order valence-electron chi connectivity index (χ2n) is 3.05. The van der Waals surface area contributed by atoms with Crippen molar-refractivity contribution in [2.45, 2.75) is 20.8 Å². The highest BCUT2D eigenvalue weighted by molar-refractivity contribution is 5.93. The molecule has 2 nitrogen and oxygen atoms in total. The predicted octanol–water partition coefficient (Wildman–Crippen LogP) is 4.31. The minimum Gasteiger partial charge on any atom is -0.423 e. The summed E-state index contributed by atoms with van der Waals surface area (Å²) in [6.07, 6.45) is 6.74. The van der Waals surface area contributed by atoms with E-state index in [1.165, 1.54) is 6.08 Å². The van der Waals surface area contributed by atoms with E-state index < -0.39 is 5.97 Å². The normalized spacial score (nSPS) is 10.5. The van der Waals surface area contributed by atoms with Crippen molar-refractivity contribution in [3.63, 3.8) is 0 Å². The van der Waals surface area contributed by atoms with Gasteiger partial charge in [-0.1, -0.05) is 56.9 Å². The van der Waals surface area contributed by atoms with E-state index in [4.69, 9.17) is 4.74 Å². The number of ether oxygens (including phenoxy) is 1. The molecular weight excluding hydrogens is 224 g/mol. The number of allylic oxidation sites excluding steroid dienone is 3. The first-order valence-electron chi connectivity index (χ1n) is 6.00. The maximum absolute atomic E-state index is 11.7. The minimum absolute atomic E-state index is 0.403. The fraction of sp³-hybridized carbons (Fsp3) is 0.188. The van der Waals surface area contributed by atoms with Crippen LogP contribution in [0.4, 0.5) is 0 Å². The topological polar surface area (TPSA) is 26.3 Å². The fourth-order valence-corrected chi connectivity index (χ4v) is 1.07. The van der Waals surface area contributed by atoms with Gasteiger partial charge >= 0.3 is 5.97 Å². The number of carbonyl (C=O) groups is 1. The van der Waals surface area contributed by atoms with E-state index in [0.717, 1.165) is 0 Å². The molecule has 0 bridgehead atoms. The molecule has 18 heavy (non-hydrogen) atoms. The maximum Gasteiger partial charge on any atom is 0.343 e. The molecule has 0 saturated heterocycles. The lowest BCUT2D eigenvalue weighted by molar-refractivity contribution is -0.129. The molecule has 0 amide bonds. The summed E-state index contributed by atoms with van der Waals surface area (Å²) in [5, 5.41) is 0. The summed E-state index contributed by atoms with van der Waals surface area (Å²) in [5.41, 5.74) is 0.432. The highest BCUT2D eigenvalue weighted by Crippen LogP contribution is 2.11. The third-order valence-electron chi connectivity index (χ3n) is 1.88. The van der Waals surface area contributed by atoms with Crippen LogP contribution in [0, 0.1) is 0 Å².